The Morgan fingerprint density at radius 3 is 1.90 bits per heavy atom. The van der Waals surface area contributed by atoms with Crippen LogP contribution in [0.5, 0.6) is 0 Å². The molecule has 0 radical (unpaired) electrons. The molecule has 4 aromatic rings. The third-order valence-electron chi connectivity index (χ3n) is 7.17. The number of cyclic esters (lactones) is 1. The molecule has 1 saturated heterocycles. The second-order valence-electron chi connectivity index (χ2n) is 9.87. The van der Waals surface area contributed by atoms with E-state index in [0.717, 1.165) is 16.0 Å². The molecule has 40 heavy (non-hydrogen) atoms. The lowest BCUT2D eigenvalue weighted by Gasteiger charge is -2.31. The second kappa shape index (κ2) is 11.5. The van der Waals surface area contributed by atoms with E-state index in [9.17, 15) is 18.0 Å². The van der Waals surface area contributed by atoms with Crippen molar-refractivity contribution in [3.8, 4) is 0 Å². The standard InChI is InChI=1S/C32H30N2O5S/c1-22-18-20-27(21-19-22)40(37,38)33-29(25-14-8-4-9-15-25)28(24-12-6-3-7-13-24)31(35)34-23(2)30(39-32(34)36)26-16-10-5-11-17-26/h3-21,23,28-30,33H,1-2H3/t23-,28+,29-,30-/m0/s1. The van der Waals surface area contributed by atoms with Crippen molar-refractivity contribution in [2.24, 2.45) is 0 Å². The van der Waals surface area contributed by atoms with E-state index in [-0.39, 0.29) is 4.90 Å². The van der Waals surface area contributed by atoms with Gasteiger partial charge in [-0.15, -0.1) is 0 Å². The minimum absolute atomic E-state index is 0.0800. The highest BCUT2D eigenvalue weighted by Crippen LogP contribution is 2.39. The zero-order chi connectivity index (χ0) is 28.3. The second-order valence-corrected chi connectivity index (χ2v) is 11.6. The molecule has 2 amide bonds. The Morgan fingerprint density at radius 1 is 0.800 bits per heavy atom. The first-order chi connectivity index (χ1) is 19.3. The number of sulfonamides is 1. The molecule has 0 bridgehead atoms. The number of ether oxygens (including phenoxy) is 1. The van der Waals surface area contributed by atoms with Crippen LogP contribution < -0.4 is 4.72 Å². The monoisotopic (exact) mass is 554 g/mol. The highest BCUT2D eigenvalue weighted by atomic mass is 32.2. The summed E-state index contributed by atoms with van der Waals surface area (Å²) in [4.78, 5) is 28.8. The van der Waals surface area contributed by atoms with Crippen LogP contribution in [-0.2, 0) is 19.6 Å². The minimum atomic E-state index is -4.05. The maximum Gasteiger partial charge on any atom is 0.417 e. The molecule has 0 spiro atoms. The maximum absolute atomic E-state index is 14.4. The molecule has 0 aliphatic carbocycles. The molecule has 5 rings (SSSR count). The number of hydrogen-bond donors (Lipinski definition) is 1. The Labute approximate surface area is 234 Å². The van der Waals surface area contributed by atoms with Crippen molar-refractivity contribution in [2.75, 3.05) is 0 Å². The van der Waals surface area contributed by atoms with Gasteiger partial charge in [0.05, 0.1) is 22.9 Å². The lowest BCUT2D eigenvalue weighted by atomic mass is 9.86. The van der Waals surface area contributed by atoms with Crippen LogP contribution in [0.2, 0.25) is 0 Å². The smallest absolute Gasteiger partial charge is 0.417 e. The van der Waals surface area contributed by atoms with Crippen LogP contribution in [-0.4, -0.2) is 31.4 Å². The first-order valence-electron chi connectivity index (χ1n) is 13.0. The average molecular weight is 555 g/mol. The molecule has 1 aliphatic rings. The van der Waals surface area contributed by atoms with Crippen LogP contribution in [0, 0.1) is 6.92 Å². The van der Waals surface area contributed by atoms with Gasteiger partial charge < -0.3 is 4.74 Å². The fraction of sp³-hybridized carbons (Fsp3) is 0.188. The predicted molar refractivity (Wildman–Crippen MR) is 152 cm³/mol. The Balaban J connectivity index is 1.59. The summed E-state index contributed by atoms with van der Waals surface area (Å²) in [6, 6.07) is 32.0. The van der Waals surface area contributed by atoms with Gasteiger partial charge in [0.25, 0.3) is 0 Å². The van der Waals surface area contributed by atoms with Gasteiger partial charge in [0.15, 0.2) is 0 Å². The maximum atomic E-state index is 14.4. The van der Waals surface area contributed by atoms with Crippen LogP contribution in [0.25, 0.3) is 0 Å². The van der Waals surface area contributed by atoms with Crippen LogP contribution in [0.15, 0.2) is 120 Å². The van der Waals surface area contributed by atoms with E-state index in [1.165, 1.54) is 12.1 Å². The summed E-state index contributed by atoms with van der Waals surface area (Å²) in [5.74, 6) is -1.61. The van der Waals surface area contributed by atoms with Crippen molar-refractivity contribution in [1.82, 2.24) is 9.62 Å². The number of nitrogens with zero attached hydrogens (tertiary/aromatic N) is 1. The van der Waals surface area contributed by atoms with Crippen molar-refractivity contribution in [2.45, 2.75) is 42.8 Å². The number of aryl methyl sites for hydroxylation is 1. The third-order valence-corrected chi connectivity index (χ3v) is 8.62. The SMILES string of the molecule is Cc1ccc(S(=O)(=O)N[C@@H](c2ccccc2)[C@H](C(=O)N2C(=O)O[C@H](c3ccccc3)[C@@H]2C)c2ccccc2)cc1. The fourth-order valence-electron chi connectivity index (χ4n) is 5.07. The third kappa shape index (κ3) is 5.54. The number of nitrogens with one attached hydrogen (secondary N) is 1. The van der Waals surface area contributed by atoms with E-state index in [1.807, 2.05) is 49.4 Å². The van der Waals surface area contributed by atoms with E-state index in [0.29, 0.717) is 11.1 Å². The van der Waals surface area contributed by atoms with E-state index in [4.69, 9.17) is 4.74 Å². The van der Waals surface area contributed by atoms with Crippen molar-refractivity contribution in [1.29, 1.82) is 0 Å². The summed E-state index contributed by atoms with van der Waals surface area (Å²) in [6.45, 7) is 3.64. The number of hydrogen-bond acceptors (Lipinski definition) is 5. The highest BCUT2D eigenvalue weighted by Gasteiger charge is 2.48. The van der Waals surface area contributed by atoms with Gasteiger partial charge in [-0.05, 0) is 42.7 Å². The topological polar surface area (TPSA) is 92.8 Å². The molecular formula is C32H30N2O5S. The summed E-state index contributed by atoms with van der Waals surface area (Å²) < 4.78 is 35.8. The van der Waals surface area contributed by atoms with Gasteiger partial charge in [0.1, 0.15) is 6.10 Å². The molecule has 204 valence electrons. The molecule has 4 atom stereocenters. The number of imide groups is 1. The van der Waals surface area contributed by atoms with Gasteiger partial charge in [0.2, 0.25) is 15.9 Å². The summed E-state index contributed by atoms with van der Waals surface area (Å²) >= 11 is 0. The zero-order valence-corrected chi connectivity index (χ0v) is 23.0. The van der Waals surface area contributed by atoms with Crippen LogP contribution in [0.3, 0.4) is 0 Å². The van der Waals surface area contributed by atoms with E-state index in [2.05, 4.69) is 4.72 Å². The zero-order valence-electron chi connectivity index (χ0n) is 22.2. The number of carbonyl (C=O) groups is 2. The van der Waals surface area contributed by atoms with Crippen LogP contribution in [0.1, 0.15) is 47.2 Å². The van der Waals surface area contributed by atoms with E-state index < -0.39 is 46.1 Å². The van der Waals surface area contributed by atoms with Gasteiger partial charge >= 0.3 is 6.09 Å². The molecular weight excluding hydrogens is 524 g/mol. The van der Waals surface area contributed by atoms with Crippen molar-refractivity contribution in [3.63, 3.8) is 0 Å². The van der Waals surface area contributed by atoms with Gasteiger partial charge in [0, 0.05) is 0 Å². The van der Waals surface area contributed by atoms with Crippen molar-refractivity contribution in [3.05, 3.63) is 138 Å². The Hall–Kier alpha value is -4.27. The van der Waals surface area contributed by atoms with Crippen molar-refractivity contribution < 1.29 is 22.7 Å². The normalized spacial score (nSPS) is 18.6. The fourth-order valence-corrected chi connectivity index (χ4v) is 6.31. The Morgan fingerprint density at radius 2 is 1.32 bits per heavy atom. The summed E-state index contributed by atoms with van der Waals surface area (Å²) in [5, 5.41) is 0. The molecule has 0 saturated carbocycles. The van der Waals surface area contributed by atoms with Crippen LogP contribution >= 0.6 is 0 Å². The molecule has 0 unspecified atom stereocenters. The summed E-state index contributed by atoms with van der Waals surface area (Å²) in [5.41, 5.74) is 2.84. The first kappa shape index (κ1) is 27.3. The molecule has 7 nitrogen and oxygen atoms in total. The number of amides is 2. The van der Waals surface area contributed by atoms with Crippen molar-refractivity contribution >= 4 is 22.0 Å². The number of benzene rings is 4. The van der Waals surface area contributed by atoms with Gasteiger partial charge in [-0.25, -0.2) is 22.8 Å². The van der Waals surface area contributed by atoms with Gasteiger partial charge in [-0.3, -0.25) is 4.79 Å². The molecule has 0 aromatic heterocycles. The first-order valence-corrected chi connectivity index (χ1v) is 14.5. The molecule has 1 fully saturated rings. The molecule has 1 N–H and O–H groups in total. The molecule has 1 heterocycles. The Bertz CT molecular complexity index is 1580. The van der Waals surface area contributed by atoms with Gasteiger partial charge in [-0.1, -0.05) is 109 Å². The molecule has 8 heteroatoms. The van der Waals surface area contributed by atoms with Gasteiger partial charge in [-0.2, -0.15) is 0 Å². The Kier molecular flexibility index (Phi) is 7.82. The largest absolute Gasteiger partial charge is 0.439 e. The predicted octanol–water partition coefficient (Wildman–Crippen LogP) is 5.91. The minimum Gasteiger partial charge on any atom is -0.439 e. The van der Waals surface area contributed by atoms with E-state index >= 15 is 0 Å². The van der Waals surface area contributed by atoms with E-state index in [1.54, 1.807) is 67.6 Å². The lowest BCUT2D eigenvalue weighted by molar-refractivity contribution is -0.131. The molecule has 4 aromatic carbocycles. The lowest BCUT2D eigenvalue weighted by Crippen LogP contribution is -2.45. The highest BCUT2D eigenvalue weighted by molar-refractivity contribution is 7.89. The molecule has 1 aliphatic heterocycles. The average Bonchev–Trinajstić information content (AvgIpc) is 3.27. The number of rotatable bonds is 8. The summed E-state index contributed by atoms with van der Waals surface area (Å²) in [7, 11) is -4.05. The number of carbonyl (C=O) groups excluding carboxylic acids is 2. The summed E-state index contributed by atoms with van der Waals surface area (Å²) in [6.07, 6.45) is -1.41. The van der Waals surface area contributed by atoms with Crippen LogP contribution in [0.4, 0.5) is 4.79 Å². The quantitative estimate of drug-likeness (QED) is 0.292.